The zero-order valence-corrected chi connectivity index (χ0v) is 17.8. The number of benzene rings is 1. The van der Waals surface area contributed by atoms with Crippen molar-refractivity contribution in [3.8, 4) is 5.75 Å². The molecule has 0 aliphatic carbocycles. The van der Waals surface area contributed by atoms with Crippen LogP contribution in [0.2, 0.25) is 10.0 Å². The first-order chi connectivity index (χ1) is 14.2. The highest BCUT2D eigenvalue weighted by atomic mass is 35.5. The van der Waals surface area contributed by atoms with E-state index in [-0.39, 0.29) is 12.1 Å². The predicted molar refractivity (Wildman–Crippen MR) is 110 cm³/mol. The molecular formula is C20H23Cl2NO7. The van der Waals surface area contributed by atoms with Crippen LogP contribution in [0.3, 0.4) is 0 Å². The number of carbonyl (C=O) groups is 3. The minimum absolute atomic E-state index is 0.00476. The van der Waals surface area contributed by atoms with Gasteiger partial charge in [-0.1, -0.05) is 23.2 Å². The van der Waals surface area contributed by atoms with Gasteiger partial charge in [0.2, 0.25) is 0 Å². The highest BCUT2D eigenvalue weighted by Gasteiger charge is 2.37. The van der Waals surface area contributed by atoms with Gasteiger partial charge in [-0.3, -0.25) is 4.90 Å². The Balaban J connectivity index is 0.000000343. The van der Waals surface area contributed by atoms with Gasteiger partial charge >= 0.3 is 17.9 Å². The third kappa shape index (κ3) is 7.51. The molecule has 2 bridgehead atoms. The highest BCUT2D eigenvalue weighted by molar-refractivity contribution is 6.42. The molecule has 1 aromatic rings. The molecule has 3 heterocycles. The number of rotatable bonds is 6. The second-order valence-corrected chi connectivity index (χ2v) is 7.77. The zero-order valence-electron chi connectivity index (χ0n) is 16.3. The molecule has 3 aliphatic heterocycles. The summed E-state index contributed by atoms with van der Waals surface area (Å²) in [5.41, 5.74) is 0. The van der Waals surface area contributed by atoms with E-state index in [0.29, 0.717) is 33.9 Å². The number of carbonyl (C=O) groups excluding carboxylic acids is 1. The average Bonchev–Trinajstić information content (AvgIpc) is 2.70. The Morgan fingerprint density at radius 2 is 1.70 bits per heavy atom. The van der Waals surface area contributed by atoms with E-state index in [4.69, 9.17) is 42.9 Å². The molecule has 2 unspecified atom stereocenters. The van der Waals surface area contributed by atoms with E-state index in [1.54, 1.807) is 25.1 Å². The van der Waals surface area contributed by atoms with Gasteiger partial charge in [0.15, 0.2) is 6.10 Å². The summed E-state index contributed by atoms with van der Waals surface area (Å²) >= 11 is 11.8. The second kappa shape index (κ2) is 11.2. The van der Waals surface area contributed by atoms with Crippen LogP contribution in [-0.4, -0.2) is 64.9 Å². The van der Waals surface area contributed by atoms with Gasteiger partial charge in [-0.25, -0.2) is 14.4 Å². The molecule has 0 saturated carbocycles. The van der Waals surface area contributed by atoms with Crippen LogP contribution in [0.4, 0.5) is 0 Å². The van der Waals surface area contributed by atoms with E-state index in [1.807, 2.05) is 0 Å². The van der Waals surface area contributed by atoms with Crippen LogP contribution in [0.15, 0.2) is 30.4 Å². The summed E-state index contributed by atoms with van der Waals surface area (Å²) in [6.07, 6.45) is 2.66. The van der Waals surface area contributed by atoms with E-state index in [9.17, 15) is 14.4 Å². The number of ether oxygens (including phenoxy) is 2. The van der Waals surface area contributed by atoms with Gasteiger partial charge in [0.25, 0.3) is 0 Å². The van der Waals surface area contributed by atoms with Crippen LogP contribution >= 0.6 is 23.2 Å². The number of carboxylic acid groups (broad SMARTS) is 2. The summed E-state index contributed by atoms with van der Waals surface area (Å²) in [7, 11) is 0. The van der Waals surface area contributed by atoms with Crippen LogP contribution in [0, 0.1) is 5.92 Å². The predicted octanol–water partition coefficient (Wildman–Crippen LogP) is 3.11. The van der Waals surface area contributed by atoms with Gasteiger partial charge < -0.3 is 19.7 Å². The maximum absolute atomic E-state index is 12.2. The number of esters is 1. The molecule has 1 aromatic carbocycles. The third-order valence-electron chi connectivity index (χ3n) is 4.77. The van der Waals surface area contributed by atoms with Crippen molar-refractivity contribution in [1.29, 1.82) is 0 Å². The molecule has 0 spiro atoms. The average molecular weight is 460 g/mol. The van der Waals surface area contributed by atoms with Gasteiger partial charge in [-0.05, 0) is 50.9 Å². The number of halogens is 2. The number of hydrogen-bond donors (Lipinski definition) is 2. The summed E-state index contributed by atoms with van der Waals surface area (Å²) < 4.78 is 11.3. The van der Waals surface area contributed by atoms with Crippen molar-refractivity contribution in [1.82, 2.24) is 4.90 Å². The van der Waals surface area contributed by atoms with Crippen molar-refractivity contribution >= 4 is 41.1 Å². The summed E-state index contributed by atoms with van der Waals surface area (Å²) in [5, 5.41) is 16.5. The number of fused-ring (bicyclic) bond motifs is 3. The van der Waals surface area contributed by atoms with Crippen molar-refractivity contribution in [3.63, 3.8) is 0 Å². The van der Waals surface area contributed by atoms with Crippen LogP contribution in [0.1, 0.15) is 19.8 Å². The van der Waals surface area contributed by atoms with Gasteiger partial charge in [-0.2, -0.15) is 0 Å². The third-order valence-corrected chi connectivity index (χ3v) is 5.51. The molecule has 10 heteroatoms. The standard InChI is InChI=1S/C16H19Cl2NO3.C4H4O4/c1-10(21-12-2-3-13(17)14(18)8-12)16(20)22-15-9-19-6-4-11(15)5-7-19;5-3(6)1-2-4(7)8/h2-3,8,10-11,15H,4-7,9H2,1H3;1-2H,(H,5,6)(H,7,8)/b;2-1-. The quantitative estimate of drug-likeness (QED) is 0.492. The van der Waals surface area contributed by atoms with Crippen molar-refractivity contribution < 1.29 is 34.1 Å². The first-order valence-corrected chi connectivity index (χ1v) is 10.1. The molecule has 3 saturated heterocycles. The fourth-order valence-electron chi connectivity index (χ4n) is 3.23. The fourth-order valence-corrected chi connectivity index (χ4v) is 3.52. The topological polar surface area (TPSA) is 113 Å². The lowest BCUT2D eigenvalue weighted by Gasteiger charge is -2.44. The number of aliphatic carboxylic acids is 2. The van der Waals surface area contributed by atoms with Gasteiger partial charge in [0.05, 0.1) is 10.0 Å². The van der Waals surface area contributed by atoms with Crippen LogP contribution in [0.25, 0.3) is 0 Å². The van der Waals surface area contributed by atoms with Crippen molar-refractivity contribution in [2.45, 2.75) is 32.0 Å². The zero-order chi connectivity index (χ0) is 22.3. The minimum Gasteiger partial charge on any atom is -0.479 e. The first kappa shape index (κ1) is 24.0. The Bertz CT molecular complexity index is 790. The molecule has 3 fully saturated rings. The molecule has 4 rings (SSSR count). The fraction of sp³-hybridized carbons (Fsp3) is 0.450. The molecule has 2 N–H and O–H groups in total. The lowest BCUT2D eigenvalue weighted by molar-refractivity contribution is -0.166. The molecule has 0 aromatic heterocycles. The maximum Gasteiger partial charge on any atom is 0.347 e. The SMILES string of the molecule is CC(Oc1ccc(Cl)c(Cl)c1)C(=O)OC1CN2CCC1CC2.O=C(O)/C=C\C(=O)O. The van der Waals surface area contributed by atoms with Crippen LogP contribution in [0.5, 0.6) is 5.75 Å². The van der Waals surface area contributed by atoms with Crippen molar-refractivity contribution in [2.24, 2.45) is 5.92 Å². The number of piperidine rings is 3. The smallest absolute Gasteiger partial charge is 0.347 e. The number of hydrogen-bond acceptors (Lipinski definition) is 6. The van der Waals surface area contributed by atoms with Gasteiger partial charge in [-0.15, -0.1) is 0 Å². The molecule has 164 valence electrons. The molecule has 3 aliphatic rings. The Kier molecular flexibility index (Phi) is 8.95. The monoisotopic (exact) mass is 459 g/mol. The summed E-state index contributed by atoms with van der Waals surface area (Å²) in [6.45, 7) is 4.77. The van der Waals surface area contributed by atoms with E-state index in [2.05, 4.69) is 4.90 Å². The summed E-state index contributed by atoms with van der Waals surface area (Å²) in [4.78, 5) is 33.7. The van der Waals surface area contributed by atoms with Gasteiger partial charge in [0, 0.05) is 24.8 Å². The second-order valence-electron chi connectivity index (χ2n) is 6.96. The Morgan fingerprint density at radius 3 is 2.17 bits per heavy atom. The van der Waals surface area contributed by atoms with E-state index < -0.39 is 18.0 Å². The summed E-state index contributed by atoms with van der Waals surface area (Å²) in [6, 6.07) is 4.93. The maximum atomic E-state index is 12.2. The molecule has 0 amide bonds. The lowest BCUT2D eigenvalue weighted by Crippen LogP contribution is -2.52. The van der Waals surface area contributed by atoms with Gasteiger partial charge in [0.1, 0.15) is 11.9 Å². The normalized spacial score (nSPS) is 23.2. The largest absolute Gasteiger partial charge is 0.479 e. The molecule has 8 nitrogen and oxygen atoms in total. The van der Waals surface area contributed by atoms with Crippen LogP contribution in [-0.2, 0) is 19.1 Å². The van der Waals surface area contributed by atoms with Crippen molar-refractivity contribution in [2.75, 3.05) is 19.6 Å². The number of nitrogens with zero attached hydrogens (tertiary/aromatic N) is 1. The van der Waals surface area contributed by atoms with E-state index >= 15 is 0 Å². The minimum atomic E-state index is -1.26. The van der Waals surface area contributed by atoms with E-state index in [1.165, 1.54) is 0 Å². The Labute approximate surface area is 184 Å². The Morgan fingerprint density at radius 1 is 1.10 bits per heavy atom. The first-order valence-electron chi connectivity index (χ1n) is 9.34. The molecule has 30 heavy (non-hydrogen) atoms. The molecular weight excluding hydrogens is 437 g/mol. The molecule has 0 radical (unpaired) electrons. The number of carboxylic acids is 2. The van der Waals surface area contributed by atoms with Crippen molar-refractivity contribution in [3.05, 3.63) is 40.4 Å². The molecule has 2 atom stereocenters. The highest BCUT2D eigenvalue weighted by Crippen LogP contribution is 2.30. The lowest BCUT2D eigenvalue weighted by atomic mass is 9.86. The van der Waals surface area contributed by atoms with Crippen LogP contribution < -0.4 is 4.74 Å². The van der Waals surface area contributed by atoms with E-state index in [0.717, 1.165) is 32.5 Å². The summed E-state index contributed by atoms with van der Waals surface area (Å²) in [5.74, 6) is -1.84. The Hall–Kier alpha value is -2.29.